The highest BCUT2D eigenvalue weighted by atomic mass is 19.3. The van der Waals surface area contributed by atoms with E-state index in [0.717, 1.165) is 17.2 Å². The second-order valence-corrected chi connectivity index (χ2v) is 4.68. The number of aryl methyl sites for hydroxylation is 2. The predicted molar refractivity (Wildman–Crippen MR) is 62.6 cm³/mol. The summed E-state index contributed by atoms with van der Waals surface area (Å²) < 4.78 is 14.4. The number of H-pyrrole nitrogens is 1. The molecule has 0 radical (unpaired) electrons. The van der Waals surface area contributed by atoms with Crippen molar-refractivity contribution in [3.63, 3.8) is 0 Å². The number of rotatable bonds is 3. The maximum Gasteiger partial charge on any atom is 0.159 e. The van der Waals surface area contributed by atoms with Crippen LogP contribution in [-0.2, 0) is 10.5 Å². The molecule has 1 N–H and O–H groups in total. The van der Waals surface area contributed by atoms with Gasteiger partial charge in [-0.3, -0.25) is 5.10 Å². The van der Waals surface area contributed by atoms with Gasteiger partial charge in [0.05, 0.1) is 5.69 Å². The van der Waals surface area contributed by atoms with Gasteiger partial charge in [-0.1, -0.05) is 0 Å². The number of hydrogen-bond acceptors (Lipinski definition) is 2. The van der Waals surface area contributed by atoms with Gasteiger partial charge in [-0.15, -0.1) is 0 Å². The van der Waals surface area contributed by atoms with E-state index in [1.165, 1.54) is 0 Å². The molecule has 17 heavy (non-hydrogen) atoms. The van der Waals surface area contributed by atoms with Crippen molar-refractivity contribution in [2.75, 3.05) is 0 Å². The molecular weight excluding hydrogens is 221 g/mol. The van der Waals surface area contributed by atoms with Gasteiger partial charge < -0.3 is 4.57 Å². The molecule has 0 bridgehead atoms. The smallest absolute Gasteiger partial charge is 0.159 e. The Morgan fingerprint density at radius 3 is 2.41 bits per heavy atom. The summed E-state index contributed by atoms with van der Waals surface area (Å²) in [5, 5.41) is 6.99. The minimum Gasteiger partial charge on any atom is -0.302 e. The van der Waals surface area contributed by atoms with E-state index in [9.17, 15) is 4.53 Å². The molecule has 2 aromatic heterocycles. The molecule has 2 rings (SSSR count). The molecule has 0 spiro atoms. The average molecular weight is 237 g/mol. The van der Waals surface area contributed by atoms with Gasteiger partial charge in [-0.2, -0.15) is 10.0 Å². The summed E-state index contributed by atoms with van der Waals surface area (Å²) in [5.41, 5.74) is 1.75. The molecule has 92 valence electrons. The third-order valence-electron chi connectivity index (χ3n) is 2.91. The number of aromatic amines is 1. The summed E-state index contributed by atoms with van der Waals surface area (Å²) in [6.45, 7) is 7.27. The number of halogens is 1. The first-order valence-electron chi connectivity index (χ1n) is 5.46. The Bertz CT molecular complexity index is 508. The van der Waals surface area contributed by atoms with E-state index in [1.54, 1.807) is 19.9 Å². The highest BCUT2D eigenvalue weighted by Crippen LogP contribution is 2.25. The molecule has 0 saturated heterocycles. The zero-order valence-electron chi connectivity index (χ0n) is 10.4. The van der Waals surface area contributed by atoms with Crippen molar-refractivity contribution in [3.8, 4) is 5.82 Å². The Labute approximate surface area is 99.3 Å². The van der Waals surface area contributed by atoms with Crippen molar-refractivity contribution in [2.45, 2.75) is 33.3 Å². The van der Waals surface area contributed by atoms with Crippen molar-refractivity contribution >= 4 is 0 Å². The van der Waals surface area contributed by atoms with Crippen molar-refractivity contribution in [1.82, 2.24) is 14.8 Å². The summed E-state index contributed by atoms with van der Waals surface area (Å²) in [5.74, 6) is 0.741. The summed E-state index contributed by atoms with van der Waals surface area (Å²) in [6.07, 6.45) is 0. The lowest BCUT2D eigenvalue weighted by atomic mass is 10.1. The van der Waals surface area contributed by atoms with Gasteiger partial charge in [0.15, 0.2) is 5.82 Å². The topological polar surface area (TPSA) is 42.8 Å². The molecule has 0 saturated carbocycles. The van der Waals surface area contributed by atoms with E-state index < -0.39 is 5.60 Å². The SMILES string of the molecule is Cc1ccc(C)n1-c1cc(C(C)(C)OF)[nH]n1. The number of nitrogens with one attached hydrogen (secondary N) is 1. The summed E-state index contributed by atoms with van der Waals surface area (Å²) >= 11 is 0. The minimum atomic E-state index is -1.01. The summed E-state index contributed by atoms with van der Waals surface area (Å²) in [6, 6.07) is 5.82. The van der Waals surface area contributed by atoms with Crippen LogP contribution >= 0.6 is 0 Å². The Morgan fingerprint density at radius 1 is 1.29 bits per heavy atom. The molecule has 2 aromatic rings. The third kappa shape index (κ3) is 1.98. The second kappa shape index (κ2) is 4.00. The quantitative estimate of drug-likeness (QED) is 0.891. The van der Waals surface area contributed by atoms with Gasteiger partial charge in [-0.25, -0.2) is 0 Å². The van der Waals surface area contributed by atoms with E-state index in [-0.39, 0.29) is 0 Å². The molecule has 0 unspecified atom stereocenters. The van der Waals surface area contributed by atoms with Crippen LogP contribution in [0.5, 0.6) is 0 Å². The fourth-order valence-electron chi connectivity index (χ4n) is 1.81. The first-order chi connectivity index (χ1) is 7.95. The molecule has 0 aromatic carbocycles. The number of hydrogen-bond donors (Lipinski definition) is 1. The van der Waals surface area contributed by atoms with E-state index in [1.807, 2.05) is 30.5 Å². The molecular formula is C12H16FN3O. The number of nitrogens with zero attached hydrogens (tertiary/aromatic N) is 2. The van der Waals surface area contributed by atoms with Gasteiger partial charge in [0.25, 0.3) is 0 Å². The molecule has 0 fully saturated rings. The van der Waals surface area contributed by atoms with Crippen LogP contribution in [0.25, 0.3) is 5.82 Å². The van der Waals surface area contributed by atoms with Crippen molar-refractivity contribution in [1.29, 1.82) is 0 Å². The van der Waals surface area contributed by atoms with Gasteiger partial charge in [-0.05, 0) is 44.4 Å². The molecule has 0 aliphatic heterocycles. The molecule has 0 aliphatic rings. The van der Waals surface area contributed by atoms with Crippen LogP contribution < -0.4 is 0 Å². The van der Waals surface area contributed by atoms with Crippen LogP contribution in [0.4, 0.5) is 4.53 Å². The molecule has 5 heteroatoms. The molecule has 0 amide bonds. The van der Waals surface area contributed by atoms with Crippen LogP contribution in [0.1, 0.15) is 30.9 Å². The van der Waals surface area contributed by atoms with E-state index in [4.69, 9.17) is 0 Å². The Morgan fingerprint density at radius 2 is 1.88 bits per heavy atom. The highest BCUT2D eigenvalue weighted by molar-refractivity contribution is 5.33. The van der Waals surface area contributed by atoms with Gasteiger partial charge in [0.2, 0.25) is 0 Å². The lowest BCUT2D eigenvalue weighted by Crippen LogP contribution is -2.17. The molecule has 0 aliphatic carbocycles. The zero-order chi connectivity index (χ0) is 12.6. The largest absolute Gasteiger partial charge is 0.302 e. The normalized spacial score (nSPS) is 12.1. The second-order valence-electron chi connectivity index (χ2n) is 4.68. The van der Waals surface area contributed by atoms with Crippen molar-refractivity contribution < 1.29 is 9.47 Å². The van der Waals surface area contributed by atoms with E-state index >= 15 is 0 Å². The average Bonchev–Trinajstić information content (AvgIpc) is 2.86. The maximum absolute atomic E-state index is 12.4. The van der Waals surface area contributed by atoms with Crippen molar-refractivity contribution in [2.24, 2.45) is 0 Å². The number of aromatic nitrogens is 3. The standard InChI is InChI=1S/C12H16FN3O/c1-8-5-6-9(2)16(8)11-7-10(14-15-11)12(3,4)17-13/h5-7H,1-4H3,(H,14,15). The van der Waals surface area contributed by atoms with Crippen LogP contribution in [0, 0.1) is 13.8 Å². The molecule has 0 atom stereocenters. The van der Waals surface area contributed by atoms with E-state index in [2.05, 4.69) is 15.1 Å². The summed E-state index contributed by atoms with van der Waals surface area (Å²) in [7, 11) is 0. The third-order valence-corrected chi connectivity index (χ3v) is 2.91. The Kier molecular flexibility index (Phi) is 2.79. The zero-order valence-corrected chi connectivity index (χ0v) is 10.4. The monoisotopic (exact) mass is 237 g/mol. The van der Waals surface area contributed by atoms with Crippen LogP contribution in [0.3, 0.4) is 0 Å². The molecule has 4 nitrogen and oxygen atoms in total. The van der Waals surface area contributed by atoms with E-state index in [0.29, 0.717) is 5.69 Å². The van der Waals surface area contributed by atoms with Crippen LogP contribution in [0.15, 0.2) is 18.2 Å². The van der Waals surface area contributed by atoms with Gasteiger partial charge >= 0.3 is 0 Å². The summed E-state index contributed by atoms with van der Waals surface area (Å²) in [4.78, 5) is 3.93. The van der Waals surface area contributed by atoms with Crippen molar-refractivity contribution in [3.05, 3.63) is 35.3 Å². The molecule has 2 heterocycles. The Balaban J connectivity index is 2.44. The van der Waals surface area contributed by atoms with Gasteiger partial charge in [0.1, 0.15) is 5.60 Å². The van der Waals surface area contributed by atoms with Gasteiger partial charge in [0, 0.05) is 17.5 Å². The minimum absolute atomic E-state index is 0.600. The first kappa shape index (κ1) is 11.9. The first-order valence-corrected chi connectivity index (χ1v) is 5.46. The maximum atomic E-state index is 12.4. The Hall–Kier alpha value is -1.62. The van der Waals surface area contributed by atoms with Crippen LogP contribution in [-0.4, -0.2) is 14.8 Å². The lowest BCUT2D eigenvalue weighted by Gasteiger charge is -2.15. The van der Waals surface area contributed by atoms with Crippen LogP contribution in [0.2, 0.25) is 0 Å². The lowest BCUT2D eigenvalue weighted by molar-refractivity contribution is -0.229. The fourth-order valence-corrected chi connectivity index (χ4v) is 1.81. The highest BCUT2D eigenvalue weighted by Gasteiger charge is 2.25. The fraction of sp³-hybridized carbons (Fsp3) is 0.417. The predicted octanol–water partition coefficient (Wildman–Crippen LogP) is 2.95.